The van der Waals surface area contributed by atoms with Gasteiger partial charge in [0, 0.05) is 19.6 Å². The third-order valence-corrected chi connectivity index (χ3v) is 3.32. The summed E-state index contributed by atoms with van der Waals surface area (Å²) < 4.78 is 5.31. The van der Waals surface area contributed by atoms with Gasteiger partial charge in [0.1, 0.15) is 6.04 Å². The van der Waals surface area contributed by atoms with E-state index in [1.807, 2.05) is 4.90 Å². The number of nitrogens with one attached hydrogen (secondary N) is 1. The van der Waals surface area contributed by atoms with Crippen LogP contribution in [0.4, 0.5) is 0 Å². The van der Waals surface area contributed by atoms with E-state index in [0.29, 0.717) is 6.61 Å². The molecule has 1 atom stereocenters. The van der Waals surface area contributed by atoms with Crippen molar-refractivity contribution in [1.82, 2.24) is 10.2 Å². The first-order valence-corrected chi connectivity index (χ1v) is 5.87. The Kier molecular flexibility index (Phi) is 3.59. The highest BCUT2D eigenvalue weighted by Crippen LogP contribution is 2.16. The lowest BCUT2D eigenvalue weighted by Crippen LogP contribution is -2.53. The van der Waals surface area contributed by atoms with Crippen LogP contribution in [0, 0.1) is 5.92 Å². The van der Waals surface area contributed by atoms with E-state index < -0.39 is 0 Å². The summed E-state index contributed by atoms with van der Waals surface area (Å²) in [5.74, 6) is 0.992. The number of amides is 1. The monoisotopic (exact) mass is 212 g/mol. The highest BCUT2D eigenvalue weighted by Gasteiger charge is 2.28. The predicted octanol–water partition coefficient (Wildman–Crippen LogP) is 0.233. The summed E-state index contributed by atoms with van der Waals surface area (Å²) in [6.45, 7) is 6.13. The molecule has 1 N–H and O–H groups in total. The Morgan fingerprint density at radius 1 is 1.40 bits per heavy atom. The van der Waals surface area contributed by atoms with E-state index in [9.17, 15) is 4.79 Å². The van der Waals surface area contributed by atoms with Gasteiger partial charge in [-0.05, 0) is 18.8 Å². The van der Waals surface area contributed by atoms with Gasteiger partial charge >= 0.3 is 0 Å². The second-order valence-corrected chi connectivity index (χ2v) is 4.59. The topological polar surface area (TPSA) is 41.6 Å². The average molecular weight is 212 g/mol. The molecule has 4 heteroatoms. The molecule has 0 radical (unpaired) electrons. The van der Waals surface area contributed by atoms with Crippen molar-refractivity contribution in [2.45, 2.75) is 25.8 Å². The number of piperidine rings is 1. The number of ether oxygens (including phenoxy) is 1. The number of morpholine rings is 1. The van der Waals surface area contributed by atoms with Crippen LogP contribution in [-0.2, 0) is 9.53 Å². The first kappa shape index (κ1) is 10.9. The van der Waals surface area contributed by atoms with Crippen LogP contribution in [0.5, 0.6) is 0 Å². The number of hydrogen-bond donors (Lipinski definition) is 1. The van der Waals surface area contributed by atoms with E-state index in [1.54, 1.807) is 0 Å². The molecule has 86 valence electrons. The summed E-state index contributed by atoms with van der Waals surface area (Å²) >= 11 is 0. The summed E-state index contributed by atoms with van der Waals surface area (Å²) in [4.78, 5) is 14.0. The Hall–Kier alpha value is -0.610. The lowest BCUT2D eigenvalue weighted by atomic mass is 9.98. The second-order valence-electron chi connectivity index (χ2n) is 4.59. The molecule has 2 aliphatic heterocycles. The van der Waals surface area contributed by atoms with Crippen molar-refractivity contribution in [3.05, 3.63) is 0 Å². The predicted molar refractivity (Wildman–Crippen MR) is 57.6 cm³/mol. The Morgan fingerprint density at radius 2 is 2.13 bits per heavy atom. The molecule has 2 heterocycles. The molecule has 0 aromatic heterocycles. The minimum absolute atomic E-state index is 0.104. The first-order chi connectivity index (χ1) is 7.27. The van der Waals surface area contributed by atoms with Gasteiger partial charge in [-0.2, -0.15) is 0 Å². The fourth-order valence-corrected chi connectivity index (χ4v) is 2.17. The van der Waals surface area contributed by atoms with Gasteiger partial charge in [-0.1, -0.05) is 6.92 Å². The molecule has 0 aromatic carbocycles. The molecule has 0 spiro atoms. The van der Waals surface area contributed by atoms with Gasteiger partial charge in [-0.15, -0.1) is 0 Å². The highest BCUT2D eigenvalue weighted by molar-refractivity contribution is 5.82. The molecule has 0 unspecified atom stereocenters. The maximum absolute atomic E-state index is 12.0. The van der Waals surface area contributed by atoms with E-state index in [4.69, 9.17) is 4.74 Å². The van der Waals surface area contributed by atoms with Crippen LogP contribution >= 0.6 is 0 Å². The Balaban J connectivity index is 1.84. The van der Waals surface area contributed by atoms with Crippen LogP contribution in [-0.4, -0.2) is 49.7 Å². The van der Waals surface area contributed by atoms with Crippen molar-refractivity contribution in [1.29, 1.82) is 0 Å². The van der Waals surface area contributed by atoms with E-state index in [0.717, 1.165) is 45.0 Å². The lowest BCUT2D eigenvalue weighted by molar-refractivity contribution is -0.137. The quantitative estimate of drug-likeness (QED) is 0.676. The lowest BCUT2D eigenvalue weighted by Gasteiger charge is -2.34. The zero-order chi connectivity index (χ0) is 10.7. The number of hydrogen-bond acceptors (Lipinski definition) is 3. The van der Waals surface area contributed by atoms with Crippen LogP contribution in [0.25, 0.3) is 0 Å². The minimum Gasteiger partial charge on any atom is -0.378 e. The molecule has 15 heavy (non-hydrogen) atoms. The van der Waals surface area contributed by atoms with Crippen LogP contribution in [0.15, 0.2) is 0 Å². The molecule has 0 aliphatic carbocycles. The van der Waals surface area contributed by atoms with Gasteiger partial charge in [-0.25, -0.2) is 0 Å². The van der Waals surface area contributed by atoms with Gasteiger partial charge in [0.15, 0.2) is 0 Å². The molecule has 0 aromatic rings. The molecule has 2 rings (SSSR count). The van der Waals surface area contributed by atoms with E-state index in [1.165, 1.54) is 0 Å². The van der Waals surface area contributed by atoms with Gasteiger partial charge in [0.05, 0.1) is 13.2 Å². The SMILES string of the molecule is CC1CCN(C(=O)[C@H]2COCCN2)CC1. The molecule has 0 saturated carbocycles. The number of rotatable bonds is 1. The number of carbonyl (C=O) groups excluding carboxylic acids is 1. The van der Waals surface area contributed by atoms with Gasteiger partial charge in [-0.3, -0.25) is 4.79 Å². The standard InChI is InChI=1S/C11H20N2O2/c1-9-2-5-13(6-3-9)11(14)10-8-15-7-4-12-10/h9-10,12H,2-8H2,1H3/t10-/m1/s1. The first-order valence-electron chi connectivity index (χ1n) is 5.87. The molecule has 1 amide bonds. The van der Waals surface area contributed by atoms with Crippen molar-refractivity contribution < 1.29 is 9.53 Å². The van der Waals surface area contributed by atoms with Crippen LogP contribution in [0.2, 0.25) is 0 Å². The molecule has 2 aliphatic rings. The Bertz CT molecular complexity index is 219. The fourth-order valence-electron chi connectivity index (χ4n) is 2.17. The molecular formula is C11H20N2O2. The van der Waals surface area contributed by atoms with E-state index >= 15 is 0 Å². The van der Waals surface area contributed by atoms with Crippen LogP contribution in [0.3, 0.4) is 0 Å². The van der Waals surface area contributed by atoms with Gasteiger partial charge < -0.3 is 15.0 Å². The summed E-state index contributed by atoms with van der Waals surface area (Å²) in [6, 6.07) is -0.104. The zero-order valence-electron chi connectivity index (χ0n) is 9.37. The van der Waals surface area contributed by atoms with E-state index in [-0.39, 0.29) is 11.9 Å². The zero-order valence-corrected chi connectivity index (χ0v) is 9.37. The summed E-state index contributed by atoms with van der Waals surface area (Å²) in [7, 11) is 0. The normalized spacial score (nSPS) is 29.1. The van der Waals surface area contributed by atoms with Crippen molar-refractivity contribution >= 4 is 5.91 Å². The molecule has 0 bridgehead atoms. The highest BCUT2D eigenvalue weighted by atomic mass is 16.5. The Labute approximate surface area is 91.0 Å². The third kappa shape index (κ3) is 2.69. The summed E-state index contributed by atoms with van der Waals surface area (Å²) in [5.41, 5.74) is 0. The average Bonchev–Trinajstić information content (AvgIpc) is 2.30. The number of carbonyl (C=O) groups is 1. The largest absolute Gasteiger partial charge is 0.378 e. The number of likely N-dealkylation sites (tertiary alicyclic amines) is 1. The summed E-state index contributed by atoms with van der Waals surface area (Å²) in [5, 5.41) is 3.21. The van der Waals surface area contributed by atoms with Crippen molar-refractivity contribution in [3.63, 3.8) is 0 Å². The van der Waals surface area contributed by atoms with Crippen molar-refractivity contribution in [2.75, 3.05) is 32.8 Å². The number of nitrogens with zero attached hydrogens (tertiary/aromatic N) is 1. The Morgan fingerprint density at radius 3 is 2.73 bits per heavy atom. The van der Waals surface area contributed by atoms with Crippen molar-refractivity contribution in [3.8, 4) is 0 Å². The summed E-state index contributed by atoms with van der Waals surface area (Å²) in [6.07, 6.45) is 2.28. The van der Waals surface area contributed by atoms with Crippen molar-refractivity contribution in [2.24, 2.45) is 5.92 Å². The molecule has 2 saturated heterocycles. The maximum Gasteiger partial charge on any atom is 0.242 e. The molecule has 2 fully saturated rings. The van der Waals surface area contributed by atoms with Crippen LogP contribution in [0.1, 0.15) is 19.8 Å². The molecule has 4 nitrogen and oxygen atoms in total. The van der Waals surface area contributed by atoms with E-state index in [2.05, 4.69) is 12.2 Å². The maximum atomic E-state index is 12.0. The third-order valence-electron chi connectivity index (χ3n) is 3.32. The second kappa shape index (κ2) is 4.94. The molecular weight excluding hydrogens is 192 g/mol. The van der Waals surface area contributed by atoms with Gasteiger partial charge in [0.25, 0.3) is 0 Å². The van der Waals surface area contributed by atoms with Crippen LogP contribution < -0.4 is 5.32 Å². The fraction of sp³-hybridized carbons (Fsp3) is 0.909. The smallest absolute Gasteiger partial charge is 0.242 e. The minimum atomic E-state index is -0.104. The van der Waals surface area contributed by atoms with Gasteiger partial charge in [0.2, 0.25) is 5.91 Å².